The standard InChI is InChI=1S/C16H15N.C4H4O4/c1-16-13-8-4-2-6-11(13)10-15(17-16)12-7-3-5-9-14(12)16;5-3(6)1-2-4(7)8/h2-9,15,17H,10H2,1H3;1-2H,(H,5,6)(H,7,8)/t15?,16-;/m1./s1. The predicted octanol–water partition coefficient (Wildman–Crippen LogP) is 2.86. The lowest BCUT2D eigenvalue weighted by Gasteiger charge is -2.34. The van der Waals surface area contributed by atoms with Crippen molar-refractivity contribution in [2.75, 3.05) is 0 Å². The van der Waals surface area contributed by atoms with Gasteiger partial charge in [0.25, 0.3) is 0 Å². The summed E-state index contributed by atoms with van der Waals surface area (Å²) in [6.07, 6.45) is 2.23. The quantitative estimate of drug-likeness (QED) is 0.734. The summed E-state index contributed by atoms with van der Waals surface area (Å²) in [6.45, 7) is 2.31. The minimum atomic E-state index is -1.26. The zero-order chi connectivity index (χ0) is 18.0. The lowest BCUT2D eigenvalue weighted by molar-refractivity contribution is -0.134. The molecule has 3 N–H and O–H groups in total. The number of carbonyl (C=O) groups is 2. The third-order valence-electron chi connectivity index (χ3n) is 4.69. The molecule has 0 saturated carbocycles. The molecule has 0 saturated heterocycles. The Labute approximate surface area is 145 Å². The van der Waals surface area contributed by atoms with Gasteiger partial charge in [0, 0.05) is 18.2 Å². The van der Waals surface area contributed by atoms with E-state index >= 15 is 0 Å². The fraction of sp³-hybridized carbons (Fsp3) is 0.200. The van der Waals surface area contributed by atoms with E-state index in [4.69, 9.17) is 10.2 Å². The Kier molecular flexibility index (Phi) is 4.42. The number of hydrogen-bond acceptors (Lipinski definition) is 3. The van der Waals surface area contributed by atoms with Gasteiger partial charge in [-0.25, -0.2) is 9.59 Å². The average Bonchev–Trinajstić information content (AvgIpc) is 2.83. The molecule has 2 heterocycles. The van der Waals surface area contributed by atoms with Crippen molar-refractivity contribution in [1.29, 1.82) is 0 Å². The summed E-state index contributed by atoms with van der Waals surface area (Å²) < 4.78 is 0. The molecular formula is C20H19NO4. The maximum atomic E-state index is 9.55. The Morgan fingerprint density at radius 1 is 1.00 bits per heavy atom. The van der Waals surface area contributed by atoms with Crippen molar-refractivity contribution < 1.29 is 19.8 Å². The van der Waals surface area contributed by atoms with E-state index in [9.17, 15) is 9.59 Å². The zero-order valence-electron chi connectivity index (χ0n) is 13.8. The van der Waals surface area contributed by atoms with E-state index in [2.05, 4.69) is 60.8 Å². The Morgan fingerprint density at radius 2 is 1.56 bits per heavy atom. The van der Waals surface area contributed by atoms with E-state index in [-0.39, 0.29) is 5.54 Å². The largest absolute Gasteiger partial charge is 0.478 e. The number of carboxylic acids is 2. The highest BCUT2D eigenvalue weighted by Crippen LogP contribution is 2.47. The minimum absolute atomic E-state index is 0.0100. The molecule has 2 aromatic carbocycles. The van der Waals surface area contributed by atoms with E-state index in [1.165, 1.54) is 22.3 Å². The van der Waals surface area contributed by atoms with Crippen molar-refractivity contribution in [3.8, 4) is 0 Å². The fourth-order valence-corrected chi connectivity index (χ4v) is 3.69. The van der Waals surface area contributed by atoms with Crippen LogP contribution < -0.4 is 5.32 Å². The van der Waals surface area contributed by atoms with Gasteiger partial charge in [0.1, 0.15) is 0 Å². The first-order valence-corrected chi connectivity index (χ1v) is 8.01. The molecular weight excluding hydrogens is 318 g/mol. The zero-order valence-corrected chi connectivity index (χ0v) is 13.8. The van der Waals surface area contributed by atoms with Crippen molar-refractivity contribution in [1.82, 2.24) is 5.32 Å². The van der Waals surface area contributed by atoms with Crippen LogP contribution in [0, 0.1) is 0 Å². The number of fused-ring (bicyclic) bond motifs is 7. The molecule has 2 atom stereocenters. The van der Waals surface area contributed by atoms with Gasteiger partial charge in [0.05, 0.1) is 5.54 Å². The fourth-order valence-electron chi connectivity index (χ4n) is 3.69. The van der Waals surface area contributed by atoms with Crippen LogP contribution in [0.3, 0.4) is 0 Å². The van der Waals surface area contributed by atoms with Crippen LogP contribution in [0.5, 0.6) is 0 Å². The van der Waals surface area contributed by atoms with Crippen molar-refractivity contribution in [3.05, 3.63) is 82.9 Å². The molecule has 2 aliphatic heterocycles. The highest BCUT2D eigenvalue weighted by atomic mass is 16.4. The highest BCUT2D eigenvalue weighted by molar-refractivity contribution is 5.89. The number of hydrogen-bond donors (Lipinski definition) is 3. The summed E-state index contributed by atoms with van der Waals surface area (Å²) in [4.78, 5) is 19.1. The molecule has 4 rings (SSSR count). The molecule has 2 bridgehead atoms. The smallest absolute Gasteiger partial charge is 0.328 e. The Balaban J connectivity index is 0.000000197. The third-order valence-corrected chi connectivity index (χ3v) is 4.69. The van der Waals surface area contributed by atoms with E-state index in [0.29, 0.717) is 18.2 Å². The monoisotopic (exact) mass is 337 g/mol. The van der Waals surface area contributed by atoms with E-state index in [1.807, 2.05) is 0 Å². The molecule has 128 valence electrons. The van der Waals surface area contributed by atoms with Crippen LogP contribution >= 0.6 is 0 Å². The van der Waals surface area contributed by atoms with Crippen molar-refractivity contribution in [2.24, 2.45) is 0 Å². The molecule has 2 aliphatic rings. The van der Waals surface area contributed by atoms with Crippen LogP contribution in [0.1, 0.15) is 35.2 Å². The van der Waals surface area contributed by atoms with E-state index < -0.39 is 11.9 Å². The topological polar surface area (TPSA) is 86.6 Å². The summed E-state index contributed by atoms with van der Waals surface area (Å²) in [5.74, 6) is -2.51. The summed E-state index contributed by atoms with van der Waals surface area (Å²) in [6, 6.07) is 18.2. The molecule has 0 fully saturated rings. The number of rotatable bonds is 2. The first-order valence-electron chi connectivity index (χ1n) is 8.01. The van der Waals surface area contributed by atoms with Gasteiger partial charge in [-0.05, 0) is 35.6 Å². The molecule has 0 aliphatic carbocycles. The second-order valence-electron chi connectivity index (χ2n) is 6.28. The molecule has 5 nitrogen and oxygen atoms in total. The lowest BCUT2D eigenvalue weighted by atomic mass is 9.82. The Morgan fingerprint density at radius 3 is 2.20 bits per heavy atom. The normalized spacial score (nSPS) is 22.5. The molecule has 0 amide bonds. The Bertz CT molecular complexity index is 829. The second-order valence-corrected chi connectivity index (χ2v) is 6.28. The SMILES string of the molecule is C[C@@]12NC(Cc3ccccc31)c1ccccc12.O=C(O)C=CC(=O)O. The summed E-state index contributed by atoms with van der Waals surface area (Å²) in [5.41, 5.74) is 5.88. The molecule has 5 heteroatoms. The maximum Gasteiger partial charge on any atom is 0.328 e. The summed E-state index contributed by atoms with van der Waals surface area (Å²) in [5, 5.41) is 19.4. The van der Waals surface area contributed by atoms with Gasteiger partial charge in [-0.2, -0.15) is 0 Å². The number of aliphatic carboxylic acids is 2. The summed E-state index contributed by atoms with van der Waals surface area (Å²) >= 11 is 0. The first kappa shape index (κ1) is 16.9. The van der Waals surface area contributed by atoms with Gasteiger partial charge in [0.2, 0.25) is 0 Å². The molecule has 2 aromatic rings. The predicted molar refractivity (Wildman–Crippen MR) is 93.3 cm³/mol. The van der Waals surface area contributed by atoms with Gasteiger partial charge in [-0.15, -0.1) is 0 Å². The highest BCUT2D eigenvalue weighted by Gasteiger charge is 2.45. The second kappa shape index (κ2) is 6.53. The van der Waals surface area contributed by atoms with Crippen molar-refractivity contribution in [3.63, 3.8) is 0 Å². The summed E-state index contributed by atoms with van der Waals surface area (Å²) in [7, 11) is 0. The first-order chi connectivity index (χ1) is 11.9. The van der Waals surface area contributed by atoms with Crippen LogP contribution in [-0.4, -0.2) is 22.2 Å². The molecule has 0 aromatic heterocycles. The van der Waals surface area contributed by atoms with E-state index in [1.54, 1.807) is 0 Å². The van der Waals surface area contributed by atoms with Crippen molar-refractivity contribution >= 4 is 11.9 Å². The molecule has 0 radical (unpaired) electrons. The number of carboxylic acid groups (broad SMARTS) is 2. The average molecular weight is 337 g/mol. The lowest BCUT2D eigenvalue weighted by Crippen LogP contribution is -2.41. The van der Waals surface area contributed by atoms with Gasteiger partial charge in [0.15, 0.2) is 0 Å². The van der Waals surface area contributed by atoms with Crippen LogP contribution in [0.2, 0.25) is 0 Å². The number of nitrogens with one attached hydrogen (secondary N) is 1. The van der Waals surface area contributed by atoms with Crippen LogP contribution in [0.4, 0.5) is 0 Å². The van der Waals surface area contributed by atoms with E-state index in [0.717, 1.165) is 6.42 Å². The molecule has 1 unspecified atom stereocenters. The third kappa shape index (κ3) is 3.19. The van der Waals surface area contributed by atoms with Gasteiger partial charge in [-0.3, -0.25) is 5.32 Å². The van der Waals surface area contributed by atoms with Crippen LogP contribution in [0.15, 0.2) is 60.7 Å². The van der Waals surface area contributed by atoms with Gasteiger partial charge >= 0.3 is 11.9 Å². The Hall–Kier alpha value is -2.92. The maximum absolute atomic E-state index is 9.55. The van der Waals surface area contributed by atoms with Gasteiger partial charge in [-0.1, -0.05) is 48.5 Å². The van der Waals surface area contributed by atoms with Crippen LogP contribution in [0.25, 0.3) is 0 Å². The van der Waals surface area contributed by atoms with Gasteiger partial charge < -0.3 is 10.2 Å². The number of benzene rings is 2. The molecule has 0 spiro atoms. The molecule has 25 heavy (non-hydrogen) atoms. The minimum Gasteiger partial charge on any atom is -0.478 e. The van der Waals surface area contributed by atoms with Crippen molar-refractivity contribution in [2.45, 2.75) is 24.9 Å². The van der Waals surface area contributed by atoms with Crippen LogP contribution in [-0.2, 0) is 21.5 Å².